The lowest BCUT2D eigenvalue weighted by atomic mass is 10.1. The summed E-state index contributed by atoms with van der Waals surface area (Å²) in [5.41, 5.74) is 1.07. The Morgan fingerprint density at radius 2 is 1.97 bits per heavy atom. The molecule has 0 spiro atoms. The zero-order chi connectivity index (χ0) is 23.2. The van der Waals surface area contributed by atoms with Crippen LogP contribution in [-0.2, 0) is 9.53 Å². The largest absolute Gasteiger partial charge is 0.462 e. The molecular weight excluding hydrogens is 442 g/mol. The fourth-order valence-electron chi connectivity index (χ4n) is 3.33. The molecule has 1 aromatic carbocycles. The van der Waals surface area contributed by atoms with Crippen molar-refractivity contribution in [2.45, 2.75) is 19.8 Å². The van der Waals surface area contributed by atoms with Crippen LogP contribution < -0.4 is 10.2 Å². The van der Waals surface area contributed by atoms with Gasteiger partial charge in [0, 0.05) is 24.7 Å². The summed E-state index contributed by atoms with van der Waals surface area (Å²) in [6.07, 6.45) is 3.60. The number of benzene rings is 1. The van der Waals surface area contributed by atoms with Crippen molar-refractivity contribution in [3.05, 3.63) is 53.3 Å². The number of nitriles is 1. The van der Waals surface area contributed by atoms with E-state index in [9.17, 15) is 14.9 Å². The molecule has 10 heteroatoms. The first-order chi connectivity index (χ1) is 16.1. The van der Waals surface area contributed by atoms with Crippen LogP contribution in [0.3, 0.4) is 0 Å². The second-order valence-electron chi connectivity index (χ2n) is 7.21. The van der Waals surface area contributed by atoms with Crippen LogP contribution in [0.15, 0.2) is 46.4 Å². The fraction of sp³-hybridized carbons (Fsp3) is 0.261. The number of esters is 1. The van der Waals surface area contributed by atoms with Crippen LogP contribution in [0.2, 0.25) is 0 Å². The number of nitrogens with one attached hydrogen (secondary N) is 1. The molecule has 1 amide bonds. The molecule has 0 unspecified atom stereocenters. The van der Waals surface area contributed by atoms with Crippen LogP contribution in [0, 0.1) is 11.3 Å². The van der Waals surface area contributed by atoms with E-state index in [1.54, 1.807) is 43.3 Å². The van der Waals surface area contributed by atoms with Crippen molar-refractivity contribution in [2.24, 2.45) is 0 Å². The maximum atomic E-state index is 12.5. The van der Waals surface area contributed by atoms with E-state index in [4.69, 9.17) is 9.15 Å². The number of rotatable bonds is 7. The monoisotopic (exact) mass is 463 g/mol. The van der Waals surface area contributed by atoms with Crippen LogP contribution in [-0.4, -0.2) is 41.8 Å². The number of hydrogen-bond acceptors (Lipinski definition) is 9. The molecule has 1 aliphatic rings. The Bertz CT molecular complexity index is 1220. The van der Waals surface area contributed by atoms with Gasteiger partial charge in [0.25, 0.3) is 5.91 Å². The normalized spacial score (nSPS) is 13.6. The molecule has 4 rings (SSSR count). The minimum Gasteiger partial charge on any atom is -0.462 e. The van der Waals surface area contributed by atoms with Crippen molar-refractivity contribution in [1.29, 1.82) is 5.26 Å². The Morgan fingerprint density at radius 1 is 1.21 bits per heavy atom. The molecule has 3 aromatic rings. The van der Waals surface area contributed by atoms with E-state index in [-0.39, 0.29) is 11.5 Å². The summed E-state index contributed by atoms with van der Waals surface area (Å²) in [5.74, 6) is -0.0898. The molecule has 0 bridgehead atoms. The van der Waals surface area contributed by atoms with Crippen molar-refractivity contribution in [3.8, 4) is 17.4 Å². The molecule has 3 heterocycles. The third-order valence-corrected chi connectivity index (χ3v) is 5.87. The highest BCUT2D eigenvalue weighted by atomic mass is 32.1. The minimum absolute atomic E-state index is 0.119. The Kier molecular flexibility index (Phi) is 6.80. The molecule has 2 aromatic heterocycles. The first-order valence-electron chi connectivity index (χ1n) is 10.5. The van der Waals surface area contributed by atoms with Crippen LogP contribution in [0.5, 0.6) is 0 Å². The SMILES string of the molecule is CCOC(=O)c1ccc(-c2ccc(/C=C(/C#N)C(=O)Nc3nnc(N4CCCC4)s3)o2)cc1. The van der Waals surface area contributed by atoms with E-state index in [0.717, 1.165) is 36.6 Å². The first kappa shape index (κ1) is 22.2. The van der Waals surface area contributed by atoms with Gasteiger partial charge in [-0.25, -0.2) is 4.79 Å². The van der Waals surface area contributed by atoms with Gasteiger partial charge in [0.15, 0.2) is 0 Å². The van der Waals surface area contributed by atoms with Crippen LogP contribution >= 0.6 is 11.3 Å². The number of carbonyl (C=O) groups excluding carboxylic acids is 2. The van der Waals surface area contributed by atoms with Gasteiger partial charge in [0.05, 0.1) is 12.2 Å². The summed E-state index contributed by atoms with van der Waals surface area (Å²) in [6.45, 7) is 3.91. The van der Waals surface area contributed by atoms with E-state index >= 15 is 0 Å². The molecule has 0 radical (unpaired) electrons. The predicted octanol–water partition coefficient (Wildman–Crippen LogP) is 4.12. The molecule has 1 N–H and O–H groups in total. The lowest BCUT2D eigenvalue weighted by Gasteiger charge is -2.10. The Labute approximate surface area is 194 Å². The highest BCUT2D eigenvalue weighted by Gasteiger charge is 2.19. The van der Waals surface area contributed by atoms with Crippen LogP contribution in [0.25, 0.3) is 17.4 Å². The topological polar surface area (TPSA) is 121 Å². The summed E-state index contributed by atoms with van der Waals surface area (Å²) in [6, 6.07) is 12.1. The predicted molar refractivity (Wildman–Crippen MR) is 124 cm³/mol. The van der Waals surface area contributed by atoms with Crippen molar-refractivity contribution < 1.29 is 18.7 Å². The van der Waals surface area contributed by atoms with E-state index < -0.39 is 5.91 Å². The standard InChI is InChI=1S/C23H21N5O4S/c1-2-31-21(30)16-7-5-15(6-8-16)19-10-9-18(32-19)13-17(14-24)20(29)25-22-26-27-23(33-22)28-11-3-4-12-28/h5-10,13H,2-4,11-12H2,1H3,(H,25,26,29)/b17-13-. The first-order valence-corrected chi connectivity index (χ1v) is 11.3. The second-order valence-corrected chi connectivity index (χ2v) is 8.16. The molecule has 0 aliphatic carbocycles. The van der Waals surface area contributed by atoms with Crippen molar-refractivity contribution in [1.82, 2.24) is 10.2 Å². The summed E-state index contributed by atoms with van der Waals surface area (Å²) in [7, 11) is 0. The number of anilines is 2. The maximum absolute atomic E-state index is 12.5. The Hall–Kier alpha value is -3.97. The van der Waals surface area contributed by atoms with E-state index in [1.165, 1.54) is 17.4 Å². The average molecular weight is 464 g/mol. The smallest absolute Gasteiger partial charge is 0.338 e. The van der Waals surface area contributed by atoms with Gasteiger partial charge in [-0.1, -0.05) is 23.5 Å². The van der Waals surface area contributed by atoms with Crippen molar-refractivity contribution in [3.63, 3.8) is 0 Å². The van der Waals surface area contributed by atoms with Gasteiger partial charge in [-0.3, -0.25) is 10.1 Å². The summed E-state index contributed by atoms with van der Waals surface area (Å²) >= 11 is 1.28. The van der Waals surface area contributed by atoms with Gasteiger partial charge in [-0.05, 0) is 44.0 Å². The van der Waals surface area contributed by atoms with Crippen LogP contribution in [0.4, 0.5) is 10.3 Å². The number of furan rings is 1. The number of amides is 1. The fourth-order valence-corrected chi connectivity index (χ4v) is 4.12. The van der Waals surface area contributed by atoms with Gasteiger partial charge in [-0.15, -0.1) is 10.2 Å². The Morgan fingerprint density at radius 3 is 2.67 bits per heavy atom. The van der Waals surface area contributed by atoms with E-state index in [2.05, 4.69) is 20.4 Å². The zero-order valence-corrected chi connectivity index (χ0v) is 18.7. The van der Waals surface area contributed by atoms with Crippen LogP contribution in [0.1, 0.15) is 35.9 Å². The number of carbonyl (C=O) groups is 2. The molecule has 1 fully saturated rings. The summed E-state index contributed by atoms with van der Waals surface area (Å²) < 4.78 is 10.7. The molecule has 0 atom stereocenters. The van der Waals surface area contributed by atoms with Gasteiger partial charge in [0.2, 0.25) is 10.3 Å². The van der Waals surface area contributed by atoms with E-state index in [0.29, 0.717) is 28.8 Å². The van der Waals surface area contributed by atoms with Gasteiger partial charge >= 0.3 is 5.97 Å². The average Bonchev–Trinajstić information content (AvgIpc) is 3.59. The molecule has 168 valence electrons. The molecular formula is C23H21N5O4S. The number of aromatic nitrogens is 2. The van der Waals surface area contributed by atoms with Crippen molar-refractivity contribution in [2.75, 3.05) is 29.9 Å². The molecule has 1 aliphatic heterocycles. The van der Waals surface area contributed by atoms with E-state index in [1.807, 2.05) is 6.07 Å². The number of nitrogens with zero attached hydrogens (tertiary/aromatic N) is 4. The van der Waals surface area contributed by atoms with Gasteiger partial charge in [0.1, 0.15) is 23.2 Å². The van der Waals surface area contributed by atoms with Gasteiger partial charge in [-0.2, -0.15) is 5.26 Å². The highest BCUT2D eigenvalue weighted by Crippen LogP contribution is 2.28. The molecule has 0 saturated carbocycles. The second kappa shape index (κ2) is 10.1. The lowest BCUT2D eigenvalue weighted by molar-refractivity contribution is -0.112. The Balaban J connectivity index is 1.44. The third kappa shape index (κ3) is 5.27. The molecule has 1 saturated heterocycles. The summed E-state index contributed by atoms with van der Waals surface area (Å²) in [4.78, 5) is 26.5. The van der Waals surface area contributed by atoms with Gasteiger partial charge < -0.3 is 14.1 Å². The quantitative estimate of drug-likeness (QED) is 0.315. The third-order valence-electron chi connectivity index (χ3n) is 4.97. The lowest BCUT2D eigenvalue weighted by Crippen LogP contribution is -2.17. The number of hydrogen-bond donors (Lipinski definition) is 1. The highest BCUT2D eigenvalue weighted by molar-refractivity contribution is 7.19. The summed E-state index contributed by atoms with van der Waals surface area (Å²) in [5, 5.41) is 21.3. The molecule has 9 nitrogen and oxygen atoms in total. The zero-order valence-electron chi connectivity index (χ0n) is 17.9. The molecule has 33 heavy (non-hydrogen) atoms. The number of ether oxygens (including phenoxy) is 1. The minimum atomic E-state index is -0.585. The maximum Gasteiger partial charge on any atom is 0.338 e. The van der Waals surface area contributed by atoms with Crippen molar-refractivity contribution >= 4 is 39.6 Å².